The van der Waals surface area contributed by atoms with Gasteiger partial charge in [-0.1, -0.05) is 30.3 Å². The van der Waals surface area contributed by atoms with E-state index in [1.165, 1.54) is 11.3 Å². The Labute approximate surface area is 177 Å². The number of benzene rings is 1. The molecule has 0 fully saturated rings. The minimum Gasteiger partial charge on any atom is -0.374 e. The molecule has 31 heavy (non-hydrogen) atoms. The number of carbonyl (C=O) groups excluding carboxylic acids is 1. The Balaban J connectivity index is 1.92. The molecule has 3 aromatic rings. The van der Waals surface area contributed by atoms with E-state index in [0.717, 1.165) is 17.7 Å². The molecule has 3 N–H and O–H groups in total. The Morgan fingerprint density at radius 3 is 2.48 bits per heavy atom. The van der Waals surface area contributed by atoms with Crippen molar-refractivity contribution in [2.75, 3.05) is 6.61 Å². The number of carbonyl (C=O) groups is 1. The van der Waals surface area contributed by atoms with Gasteiger partial charge in [-0.2, -0.15) is 13.2 Å². The summed E-state index contributed by atoms with van der Waals surface area (Å²) in [5.74, 6) is -0.200. The van der Waals surface area contributed by atoms with Crippen LogP contribution < -0.4 is 11.1 Å². The molecule has 0 bridgehead atoms. The first-order chi connectivity index (χ1) is 14.5. The molecular formula is C21H24F3N5O2. The van der Waals surface area contributed by atoms with E-state index in [-0.39, 0.29) is 30.4 Å². The third-order valence-corrected chi connectivity index (χ3v) is 4.64. The van der Waals surface area contributed by atoms with Gasteiger partial charge in [0, 0.05) is 5.69 Å². The molecule has 0 saturated heterocycles. The fourth-order valence-electron chi connectivity index (χ4n) is 3.02. The first-order valence-corrected chi connectivity index (χ1v) is 9.61. The first kappa shape index (κ1) is 22.7. The third-order valence-electron chi connectivity index (χ3n) is 4.64. The number of alkyl halides is 3. The van der Waals surface area contributed by atoms with Crippen LogP contribution in [0.4, 0.5) is 13.2 Å². The molecule has 2 heterocycles. The lowest BCUT2D eigenvalue weighted by molar-refractivity contribution is -0.137. The summed E-state index contributed by atoms with van der Waals surface area (Å²) in [5.41, 5.74) is 5.14. The number of aryl methyl sites for hydroxylation is 1. The number of nitrogens with zero attached hydrogens (tertiary/aromatic N) is 3. The lowest BCUT2D eigenvalue weighted by Gasteiger charge is -2.24. The maximum Gasteiger partial charge on any atom is 0.416 e. The van der Waals surface area contributed by atoms with Gasteiger partial charge in [-0.05, 0) is 38.5 Å². The highest BCUT2D eigenvalue weighted by Crippen LogP contribution is 2.31. The van der Waals surface area contributed by atoms with Crippen LogP contribution in [0, 0.1) is 6.92 Å². The number of amides is 1. The molecule has 0 aliphatic rings. The van der Waals surface area contributed by atoms with Gasteiger partial charge in [0.2, 0.25) is 5.91 Å². The Morgan fingerprint density at radius 2 is 1.87 bits per heavy atom. The fraction of sp³-hybridized carbons (Fsp3) is 0.381. The number of aromatic nitrogens is 3. The number of rotatable bonds is 7. The third kappa shape index (κ3) is 5.39. The van der Waals surface area contributed by atoms with E-state index in [4.69, 9.17) is 10.5 Å². The minimum atomic E-state index is -4.51. The van der Waals surface area contributed by atoms with Crippen LogP contribution in [-0.2, 0) is 22.3 Å². The summed E-state index contributed by atoms with van der Waals surface area (Å²) in [7, 11) is 0. The number of fused-ring (bicyclic) bond motifs is 1. The molecule has 0 unspecified atom stereocenters. The van der Waals surface area contributed by atoms with Gasteiger partial charge in [0.15, 0.2) is 11.5 Å². The standard InChI is InChI=1S/C21H24F3N5O2/c1-13-9-15(21(22,23)24)10-17-27-28-18(29(13)17)16(26-19(30)20(2,3)25)12-31-11-14-7-5-4-6-8-14/h4-10,16H,11-12,25H2,1-3H3,(H,26,30)/t16-/m1/s1. The SMILES string of the molecule is Cc1cc(C(F)(F)F)cc2nnc([C@@H](COCc3ccccc3)NC(=O)C(C)(C)N)n12. The Morgan fingerprint density at radius 1 is 1.19 bits per heavy atom. The maximum absolute atomic E-state index is 13.1. The Kier molecular flexibility index (Phi) is 6.33. The van der Waals surface area contributed by atoms with Crippen LogP contribution in [0.1, 0.15) is 42.5 Å². The molecule has 1 aromatic carbocycles. The molecule has 10 heteroatoms. The van der Waals surface area contributed by atoms with Crippen LogP contribution in [-0.4, -0.2) is 32.7 Å². The van der Waals surface area contributed by atoms with Crippen LogP contribution in [0.5, 0.6) is 0 Å². The average molecular weight is 435 g/mol. The van der Waals surface area contributed by atoms with E-state index in [9.17, 15) is 18.0 Å². The largest absolute Gasteiger partial charge is 0.416 e. The summed E-state index contributed by atoms with van der Waals surface area (Å²) >= 11 is 0. The van der Waals surface area contributed by atoms with Crippen molar-refractivity contribution in [1.82, 2.24) is 19.9 Å². The highest BCUT2D eigenvalue weighted by atomic mass is 19.4. The second kappa shape index (κ2) is 8.64. The van der Waals surface area contributed by atoms with Gasteiger partial charge in [0.1, 0.15) is 6.04 Å². The van der Waals surface area contributed by atoms with E-state index < -0.39 is 29.2 Å². The predicted octanol–water partition coefficient (Wildman–Crippen LogP) is 3.17. The van der Waals surface area contributed by atoms with E-state index in [0.29, 0.717) is 0 Å². The number of halogens is 3. The number of hydrogen-bond acceptors (Lipinski definition) is 5. The van der Waals surface area contributed by atoms with Crippen molar-refractivity contribution < 1.29 is 22.7 Å². The monoisotopic (exact) mass is 435 g/mol. The minimum absolute atomic E-state index is 0.0247. The molecule has 1 atom stereocenters. The molecular weight excluding hydrogens is 411 g/mol. The van der Waals surface area contributed by atoms with Crippen LogP contribution in [0.2, 0.25) is 0 Å². The number of nitrogens with one attached hydrogen (secondary N) is 1. The molecule has 7 nitrogen and oxygen atoms in total. The molecule has 0 saturated carbocycles. The smallest absolute Gasteiger partial charge is 0.374 e. The van der Waals surface area contributed by atoms with Crippen LogP contribution in [0.15, 0.2) is 42.5 Å². The topological polar surface area (TPSA) is 94.5 Å². The van der Waals surface area contributed by atoms with Gasteiger partial charge in [0.25, 0.3) is 0 Å². The van der Waals surface area contributed by atoms with Crippen LogP contribution >= 0.6 is 0 Å². The normalized spacial score (nSPS) is 13.4. The lowest BCUT2D eigenvalue weighted by atomic mass is 10.1. The van der Waals surface area contributed by atoms with E-state index in [1.54, 1.807) is 13.8 Å². The predicted molar refractivity (Wildman–Crippen MR) is 108 cm³/mol. The second-order valence-corrected chi connectivity index (χ2v) is 7.88. The summed E-state index contributed by atoms with van der Waals surface area (Å²) in [4.78, 5) is 12.5. The number of pyridine rings is 1. The van der Waals surface area contributed by atoms with Gasteiger partial charge in [-0.15, -0.1) is 10.2 Å². The Hall–Kier alpha value is -2.98. The van der Waals surface area contributed by atoms with Gasteiger partial charge in [-0.25, -0.2) is 0 Å². The van der Waals surface area contributed by atoms with Crippen molar-refractivity contribution in [3.63, 3.8) is 0 Å². The maximum atomic E-state index is 13.1. The molecule has 0 spiro atoms. The zero-order valence-corrected chi connectivity index (χ0v) is 17.4. The van der Waals surface area contributed by atoms with Crippen molar-refractivity contribution in [2.24, 2.45) is 5.73 Å². The summed E-state index contributed by atoms with van der Waals surface area (Å²) in [5, 5.41) is 10.7. The quantitative estimate of drug-likeness (QED) is 0.595. The highest BCUT2D eigenvalue weighted by Gasteiger charge is 2.33. The highest BCUT2D eigenvalue weighted by molar-refractivity contribution is 5.85. The molecule has 2 aromatic heterocycles. The van der Waals surface area contributed by atoms with E-state index in [2.05, 4.69) is 15.5 Å². The summed E-state index contributed by atoms with van der Waals surface area (Å²) in [6.45, 7) is 4.93. The van der Waals surface area contributed by atoms with Crippen LogP contribution in [0.3, 0.4) is 0 Å². The lowest BCUT2D eigenvalue weighted by Crippen LogP contribution is -2.51. The molecule has 0 aliphatic heterocycles. The molecule has 0 aliphatic carbocycles. The molecule has 0 radical (unpaired) electrons. The zero-order valence-electron chi connectivity index (χ0n) is 17.4. The second-order valence-electron chi connectivity index (χ2n) is 7.88. The van der Waals surface area contributed by atoms with Gasteiger partial charge < -0.3 is 15.8 Å². The summed E-state index contributed by atoms with van der Waals surface area (Å²) in [6, 6.07) is 10.6. The number of ether oxygens (including phenoxy) is 1. The van der Waals surface area contributed by atoms with E-state index >= 15 is 0 Å². The summed E-state index contributed by atoms with van der Waals surface area (Å²) in [6.07, 6.45) is -4.51. The van der Waals surface area contributed by atoms with Crippen molar-refractivity contribution in [2.45, 2.75) is 45.1 Å². The van der Waals surface area contributed by atoms with Crippen molar-refractivity contribution >= 4 is 11.6 Å². The molecule has 1 amide bonds. The van der Waals surface area contributed by atoms with Gasteiger partial charge in [-0.3, -0.25) is 9.20 Å². The van der Waals surface area contributed by atoms with E-state index in [1.807, 2.05) is 30.3 Å². The molecule has 166 valence electrons. The van der Waals surface area contributed by atoms with Crippen molar-refractivity contribution in [3.8, 4) is 0 Å². The number of hydrogen-bond donors (Lipinski definition) is 2. The average Bonchev–Trinajstić information content (AvgIpc) is 3.11. The van der Waals surface area contributed by atoms with Gasteiger partial charge in [0.05, 0.1) is 24.3 Å². The summed E-state index contributed by atoms with van der Waals surface area (Å²) < 4.78 is 46.7. The fourth-order valence-corrected chi connectivity index (χ4v) is 3.02. The molecule has 3 rings (SSSR count). The number of nitrogens with two attached hydrogens (primary N) is 1. The Bertz CT molecular complexity index is 1060. The van der Waals surface area contributed by atoms with Crippen molar-refractivity contribution in [3.05, 3.63) is 65.1 Å². The van der Waals surface area contributed by atoms with Crippen molar-refractivity contribution in [1.29, 1.82) is 0 Å². The van der Waals surface area contributed by atoms with Gasteiger partial charge >= 0.3 is 6.18 Å². The zero-order chi connectivity index (χ0) is 22.8. The first-order valence-electron chi connectivity index (χ1n) is 9.61. The van der Waals surface area contributed by atoms with Crippen LogP contribution in [0.25, 0.3) is 5.65 Å².